The minimum absolute atomic E-state index is 0.0137. The molecule has 0 aliphatic carbocycles. The number of halogens is 1. The van der Waals surface area contributed by atoms with Gasteiger partial charge in [-0.25, -0.2) is 4.39 Å². The van der Waals surface area contributed by atoms with Gasteiger partial charge in [0.1, 0.15) is 22.7 Å². The van der Waals surface area contributed by atoms with Gasteiger partial charge in [0.2, 0.25) is 5.91 Å². The van der Waals surface area contributed by atoms with Crippen molar-refractivity contribution in [3.63, 3.8) is 0 Å². The van der Waals surface area contributed by atoms with E-state index in [0.29, 0.717) is 28.2 Å². The number of aromatic amines is 1. The summed E-state index contributed by atoms with van der Waals surface area (Å²) in [6.45, 7) is 5.57. The predicted molar refractivity (Wildman–Crippen MR) is 150 cm³/mol. The summed E-state index contributed by atoms with van der Waals surface area (Å²) in [6, 6.07) is 12.8. The standard InChI is InChI=1S/C30H31FN6O4/c1-17-12-21(13-18(2)25(17)41-4)34-27(38)24-22-15-36(28(39)23-6-5-11-33-23)16-30(3,29(32)40)26(22)37(35-24)14-19-7-9-20(31)10-8-19/h5-13,33H,14-16H2,1-4H3,(H2,32,40)(H,34,38)/t30-/m0/s1. The number of nitrogens with zero attached hydrogens (tertiary/aromatic N) is 3. The minimum Gasteiger partial charge on any atom is -0.496 e. The van der Waals surface area contributed by atoms with Crippen LogP contribution in [0.5, 0.6) is 5.75 Å². The third kappa shape index (κ3) is 5.06. The number of carbonyl (C=O) groups is 3. The molecule has 5 rings (SSSR count). The number of methoxy groups -OCH3 is 1. The molecule has 0 unspecified atom stereocenters. The fourth-order valence-corrected chi connectivity index (χ4v) is 5.54. The number of H-pyrrole nitrogens is 1. The van der Waals surface area contributed by atoms with Crippen LogP contribution in [0, 0.1) is 19.7 Å². The second-order valence-corrected chi connectivity index (χ2v) is 10.5. The SMILES string of the molecule is COc1c(C)cc(NC(=O)c2nn(Cc3ccc(F)cc3)c3c2CN(C(=O)c2ccc[nH]2)C[C@]3(C)C(N)=O)cc1C. The number of nitrogens with two attached hydrogens (primary N) is 1. The van der Waals surface area contributed by atoms with Gasteiger partial charge in [0.25, 0.3) is 11.8 Å². The number of carbonyl (C=O) groups excluding carboxylic acids is 3. The maximum atomic E-state index is 13.8. The summed E-state index contributed by atoms with van der Waals surface area (Å²) in [7, 11) is 1.59. The van der Waals surface area contributed by atoms with E-state index in [1.165, 1.54) is 17.0 Å². The third-order valence-electron chi connectivity index (χ3n) is 7.47. The monoisotopic (exact) mass is 558 g/mol. The molecule has 41 heavy (non-hydrogen) atoms. The van der Waals surface area contributed by atoms with Gasteiger partial charge in [-0.05, 0) is 73.9 Å². The van der Waals surface area contributed by atoms with Crippen LogP contribution in [0.4, 0.5) is 10.1 Å². The molecule has 0 spiro atoms. The molecule has 1 aliphatic rings. The summed E-state index contributed by atoms with van der Waals surface area (Å²) in [5, 5.41) is 7.56. The number of ether oxygens (including phenoxy) is 1. The van der Waals surface area contributed by atoms with Crippen molar-refractivity contribution in [1.29, 1.82) is 0 Å². The summed E-state index contributed by atoms with van der Waals surface area (Å²) in [6.07, 6.45) is 1.63. The fourth-order valence-electron chi connectivity index (χ4n) is 5.54. The number of anilines is 1. The Kier molecular flexibility index (Phi) is 7.12. The molecule has 3 amide bonds. The van der Waals surface area contributed by atoms with E-state index in [1.54, 1.807) is 61.3 Å². The topological polar surface area (TPSA) is 135 Å². The number of benzene rings is 2. The number of aromatic nitrogens is 3. The van der Waals surface area contributed by atoms with Gasteiger partial charge in [0, 0.05) is 24.0 Å². The first-order valence-electron chi connectivity index (χ1n) is 13.1. The van der Waals surface area contributed by atoms with Gasteiger partial charge in [-0.15, -0.1) is 0 Å². The van der Waals surface area contributed by atoms with Crippen molar-refractivity contribution in [1.82, 2.24) is 19.7 Å². The van der Waals surface area contributed by atoms with Crippen molar-refractivity contribution in [2.75, 3.05) is 19.0 Å². The van der Waals surface area contributed by atoms with E-state index in [4.69, 9.17) is 10.5 Å². The van der Waals surface area contributed by atoms with Crippen LogP contribution in [0.3, 0.4) is 0 Å². The molecular formula is C30H31FN6O4. The van der Waals surface area contributed by atoms with Gasteiger partial charge in [0.05, 0.1) is 25.9 Å². The van der Waals surface area contributed by atoms with Gasteiger partial charge in [-0.2, -0.15) is 5.10 Å². The van der Waals surface area contributed by atoms with Crippen LogP contribution in [0.1, 0.15) is 55.8 Å². The second kappa shape index (κ2) is 10.6. The van der Waals surface area contributed by atoms with Crippen molar-refractivity contribution in [2.45, 2.75) is 39.3 Å². The summed E-state index contributed by atoms with van der Waals surface area (Å²) in [4.78, 5) is 44.6. The number of hydrogen-bond donors (Lipinski definition) is 3. The Morgan fingerprint density at radius 3 is 2.41 bits per heavy atom. The van der Waals surface area contributed by atoms with Crippen molar-refractivity contribution in [3.05, 3.63) is 99.9 Å². The molecular weight excluding hydrogens is 527 g/mol. The van der Waals surface area contributed by atoms with Crippen LogP contribution in [-0.2, 0) is 23.3 Å². The normalized spacial score (nSPS) is 16.3. The highest BCUT2D eigenvalue weighted by Gasteiger charge is 2.47. The molecule has 1 aliphatic heterocycles. The number of rotatable bonds is 7. The summed E-state index contributed by atoms with van der Waals surface area (Å²) < 4.78 is 20.6. The fraction of sp³-hybridized carbons (Fsp3) is 0.267. The first-order chi connectivity index (χ1) is 19.5. The van der Waals surface area contributed by atoms with E-state index in [9.17, 15) is 18.8 Å². The van der Waals surface area contributed by atoms with E-state index in [1.807, 2.05) is 13.8 Å². The Hall–Kier alpha value is -4.93. The lowest BCUT2D eigenvalue weighted by Crippen LogP contribution is -2.54. The second-order valence-electron chi connectivity index (χ2n) is 10.5. The maximum absolute atomic E-state index is 13.8. The van der Waals surface area contributed by atoms with Crippen molar-refractivity contribution < 1.29 is 23.5 Å². The lowest BCUT2D eigenvalue weighted by molar-refractivity contribution is -0.124. The molecule has 4 aromatic rings. The van der Waals surface area contributed by atoms with Crippen molar-refractivity contribution in [3.8, 4) is 5.75 Å². The lowest BCUT2D eigenvalue weighted by atomic mass is 9.79. The average Bonchev–Trinajstić information content (AvgIpc) is 3.58. The third-order valence-corrected chi connectivity index (χ3v) is 7.47. The number of amides is 3. The zero-order chi connectivity index (χ0) is 29.5. The highest BCUT2D eigenvalue weighted by atomic mass is 19.1. The summed E-state index contributed by atoms with van der Waals surface area (Å²) >= 11 is 0. The molecule has 0 fully saturated rings. The van der Waals surface area contributed by atoms with Crippen LogP contribution in [0.15, 0.2) is 54.7 Å². The molecule has 2 aromatic carbocycles. The molecule has 10 nitrogen and oxygen atoms in total. The minimum atomic E-state index is -1.37. The van der Waals surface area contributed by atoms with Gasteiger partial charge in [-0.3, -0.25) is 19.1 Å². The lowest BCUT2D eigenvalue weighted by Gasteiger charge is -2.39. The summed E-state index contributed by atoms with van der Waals surface area (Å²) in [5.74, 6) is -1.19. The van der Waals surface area contributed by atoms with Crippen molar-refractivity contribution in [2.24, 2.45) is 5.73 Å². The number of aryl methyl sites for hydroxylation is 2. The zero-order valence-corrected chi connectivity index (χ0v) is 23.2. The van der Waals surface area contributed by atoms with Crippen LogP contribution < -0.4 is 15.8 Å². The Balaban J connectivity index is 1.61. The molecule has 0 saturated heterocycles. The zero-order valence-electron chi connectivity index (χ0n) is 23.2. The number of fused-ring (bicyclic) bond motifs is 1. The highest BCUT2D eigenvalue weighted by molar-refractivity contribution is 6.05. The van der Waals surface area contributed by atoms with Gasteiger partial charge < -0.3 is 25.7 Å². The first-order valence-corrected chi connectivity index (χ1v) is 13.1. The van der Waals surface area contributed by atoms with Gasteiger partial charge >= 0.3 is 0 Å². The van der Waals surface area contributed by atoms with Gasteiger partial charge in [-0.1, -0.05) is 12.1 Å². The number of nitrogens with one attached hydrogen (secondary N) is 2. The largest absolute Gasteiger partial charge is 0.496 e. The molecule has 0 bridgehead atoms. The Morgan fingerprint density at radius 2 is 1.83 bits per heavy atom. The van der Waals surface area contributed by atoms with Crippen LogP contribution in [0.2, 0.25) is 0 Å². The van der Waals surface area contributed by atoms with E-state index >= 15 is 0 Å². The van der Waals surface area contributed by atoms with Crippen molar-refractivity contribution >= 4 is 23.4 Å². The average molecular weight is 559 g/mol. The molecule has 0 saturated carbocycles. The maximum Gasteiger partial charge on any atom is 0.276 e. The number of primary amides is 1. The molecule has 1 atom stereocenters. The molecule has 11 heteroatoms. The smallest absolute Gasteiger partial charge is 0.276 e. The summed E-state index contributed by atoms with van der Waals surface area (Å²) in [5.41, 5.74) is 8.79. The van der Waals surface area contributed by atoms with E-state index in [2.05, 4.69) is 15.4 Å². The van der Waals surface area contributed by atoms with E-state index < -0.39 is 17.2 Å². The number of hydrogen-bond acceptors (Lipinski definition) is 5. The Morgan fingerprint density at radius 1 is 1.15 bits per heavy atom. The molecule has 0 radical (unpaired) electrons. The molecule has 2 aromatic heterocycles. The van der Waals surface area contributed by atoms with Crippen LogP contribution in [0.25, 0.3) is 0 Å². The quantitative estimate of drug-likeness (QED) is 0.318. The Bertz CT molecular complexity index is 1620. The molecule has 4 N–H and O–H groups in total. The van der Waals surface area contributed by atoms with Crippen LogP contribution in [-0.4, -0.2) is 51.0 Å². The highest BCUT2D eigenvalue weighted by Crippen LogP contribution is 2.37. The van der Waals surface area contributed by atoms with Crippen LogP contribution >= 0.6 is 0 Å². The Labute approximate surface area is 236 Å². The van der Waals surface area contributed by atoms with E-state index in [0.717, 1.165) is 16.9 Å². The van der Waals surface area contributed by atoms with E-state index in [-0.39, 0.29) is 37.1 Å². The predicted octanol–water partition coefficient (Wildman–Crippen LogP) is 3.68. The molecule has 3 heterocycles. The van der Waals surface area contributed by atoms with Gasteiger partial charge in [0.15, 0.2) is 5.69 Å². The first kappa shape index (κ1) is 27.6. The molecule has 212 valence electrons.